The third kappa shape index (κ3) is 4.02. The molecule has 0 aliphatic carbocycles. The molecule has 0 fully saturated rings. The standard InChI is InChI=1S/C18H22N2O4/c1-11(12(2)19)18(22)20-15-8-9-16(24-10-17(21)23-3)14-7-5-4-6-13(14)15/h4-9,11-12H,10,19H2,1-3H3,(H,20,22). The molecule has 2 atom stereocenters. The number of nitrogens with one attached hydrogen (secondary N) is 1. The van der Waals surface area contributed by atoms with Crippen LogP contribution in [0.3, 0.4) is 0 Å². The minimum absolute atomic E-state index is 0.140. The van der Waals surface area contributed by atoms with Crippen molar-refractivity contribution in [1.29, 1.82) is 0 Å². The van der Waals surface area contributed by atoms with Crippen molar-refractivity contribution >= 4 is 28.3 Å². The van der Waals surface area contributed by atoms with Crippen molar-refractivity contribution in [2.75, 3.05) is 19.0 Å². The lowest BCUT2D eigenvalue weighted by molar-refractivity contribution is -0.142. The van der Waals surface area contributed by atoms with E-state index < -0.39 is 5.97 Å². The van der Waals surface area contributed by atoms with Gasteiger partial charge in [0.1, 0.15) is 5.75 Å². The van der Waals surface area contributed by atoms with Gasteiger partial charge in [-0.2, -0.15) is 0 Å². The predicted octanol–water partition coefficient (Wildman–Crippen LogP) is 2.31. The average Bonchev–Trinajstić information content (AvgIpc) is 2.59. The lowest BCUT2D eigenvalue weighted by Crippen LogP contribution is -2.34. The Balaban J connectivity index is 2.30. The summed E-state index contributed by atoms with van der Waals surface area (Å²) in [6.45, 7) is 3.41. The third-order valence-corrected chi connectivity index (χ3v) is 3.92. The van der Waals surface area contributed by atoms with Crippen molar-refractivity contribution < 1.29 is 19.1 Å². The van der Waals surface area contributed by atoms with Crippen LogP contribution in [-0.2, 0) is 14.3 Å². The van der Waals surface area contributed by atoms with Crippen LogP contribution in [0.15, 0.2) is 36.4 Å². The number of fused-ring (bicyclic) bond motifs is 1. The molecule has 0 spiro atoms. The molecule has 3 N–H and O–H groups in total. The van der Waals surface area contributed by atoms with Crippen LogP contribution in [0.2, 0.25) is 0 Å². The Bertz CT molecular complexity index is 743. The fraction of sp³-hybridized carbons (Fsp3) is 0.333. The van der Waals surface area contributed by atoms with Crippen molar-refractivity contribution in [2.24, 2.45) is 11.7 Å². The fourth-order valence-corrected chi connectivity index (χ4v) is 2.19. The molecule has 2 unspecified atom stereocenters. The average molecular weight is 330 g/mol. The molecule has 0 saturated carbocycles. The Kier molecular flexibility index (Phi) is 5.76. The first-order valence-corrected chi connectivity index (χ1v) is 7.72. The van der Waals surface area contributed by atoms with Gasteiger partial charge >= 0.3 is 5.97 Å². The minimum atomic E-state index is -0.456. The number of ether oxygens (including phenoxy) is 2. The highest BCUT2D eigenvalue weighted by atomic mass is 16.6. The minimum Gasteiger partial charge on any atom is -0.481 e. The van der Waals surface area contributed by atoms with Crippen LogP contribution in [0.25, 0.3) is 10.8 Å². The number of nitrogens with two attached hydrogens (primary N) is 1. The SMILES string of the molecule is COC(=O)COc1ccc(NC(=O)C(C)C(C)N)c2ccccc12. The lowest BCUT2D eigenvalue weighted by atomic mass is 10.0. The number of hydrogen-bond donors (Lipinski definition) is 2. The van der Waals surface area contributed by atoms with E-state index in [9.17, 15) is 9.59 Å². The lowest BCUT2D eigenvalue weighted by Gasteiger charge is -2.17. The molecule has 6 nitrogen and oxygen atoms in total. The zero-order valence-electron chi connectivity index (χ0n) is 14.0. The molecule has 128 valence electrons. The van der Waals surface area contributed by atoms with Gasteiger partial charge in [0.2, 0.25) is 5.91 Å². The van der Waals surface area contributed by atoms with E-state index in [0.717, 1.165) is 10.8 Å². The monoisotopic (exact) mass is 330 g/mol. The second-order valence-corrected chi connectivity index (χ2v) is 5.66. The van der Waals surface area contributed by atoms with Gasteiger partial charge in [-0.1, -0.05) is 31.2 Å². The maximum absolute atomic E-state index is 12.3. The summed E-state index contributed by atoms with van der Waals surface area (Å²) in [5.41, 5.74) is 6.46. The summed E-state index contributed by atoms with van der Waals surface area (Å²) in [6.07, 6.45) is 0. The highest BCUT2D eigenvalue weighted by Gasteiger charge is 2.18. The molecule has 2 rings (SSSR count). The summed E-state index contributed by atoms with van der Waals surface area (Å²) in [4.78, 5) is 23.5. The van der Waals surface area contributed by atoms with Gasteiger partial charge < -0.3 is 20.5 Å². The molecule has 0 aromatic heterocycles. The van der Waals surface area contributed by atoms with Crippen molar-refractivity contribution in [2.45, 2.75) is 19.9 Å². The molecule has 0 radical (unpaired) electrons. The highest BCUT2D eigenvalue weighted by molar-refractivity contribution is 6.04. The second kappa shape index (κ2) is 7.79. The number of carbonyl (C=O) groups is 2. The number of rotatable bonds is 6. The molecule has 2 aromatic rings. The summed E-state index contributed by atoms with van der Waals surface area (Å²) in [5, 5.41) is 4.53. The van der Waals surface area contributed by atoms with E-state index >= 15 is 0 Å². The number of methoxy groups -OCH3 is 1. The van der Waals surface area contributed by atoms with Gasteiger partial charge in [0.05, 0.1) is 13.0 Å². The van der Waals surface area contributed by atoms with Crippen LogP contribution >= 0.6 is 0 Å². The first-order valence-electron chi connectivity index (χ1n) is 7.72. The zero-order chi connectivity index (χ0) is 17.7. The predicted molar refractivity (Wildman–Crippen MR) is 92.9 cm³/mol. The number of hydrogen-bond acceptors (Lipinski definition) is 5. The van der Waals surface area contributed by atoms with Crippen LogP contribution in [0.4, 0.5) is 5.69 Å². The molecule has 0 aliphatic heterocycles. The van der Waals surface area contributed by atoms with Crippen molar-refractivity contribution in [3.05, 3.63) is 36.4 Å². The van der Waals surface area contributed by atoms with Gasteiger partial charge in [0.15, 0.2) is 6.61 Å². The summed E-state index contributed by atoms with van der Waals surface area (Å²) in [5.74, 6) is -0.353. The van der Waals surface area contributed by atoms with Crippen LogP contribution < -0.4 is 15.8 Å². The summed E-state index contributed by atoms with van der Waals surface area (Å²) >= 11 is 0. The molecule has 2 aromatic carbocycles. The Hall–Kier alpha value is -2.60. The molecule has 0 heterocycles. The first kappa shape index (κ1) is 17.7. The summed E-state index contributed by atoms with van der Waals surface area (Å²) in [7, 11) is 1.31. The van der Waals surface area contributed by atoms with Crippen molar-refractivity contribution in [1.82, 2.24) is 0 Å². The maximum atomic E-state index is 12.3. The van der Waals surface area contributed by atoms with E-state index in [2.05, 4.69) is 10.1 Å². The Labute approximate surface area is 140 Å². The van der Waals surface area contributed by atoms with Gasteiger partial charge in [-0.25, -0.2) is 4.79 Å². The van der Waals surface area contributed by atoms with Crippen LogP contribution in [0.5, 0.6) is 5.75 Å². The van der Waals surface area contributed by atoms with E-state index in [1.165, 1.54) is 7.11 Å². The smallest absolute Gasteiger partial charge is 0.343 e. The van der Waals surface area contributed by atoms with Gasteiger partial charge in [0.25, 0.3) is 0 Å². The van der Waals surface area contributed by atoms with Gasteiger partial charge in [0, 0.05) is 22.5 Å². The molecule has 0 saturated heterocycles. The molecule has 1 amide bonds. The first-order chi connectivity index (χ1) is 11.4. The number of amides is 1. The Morgan fingerprint density at radius 2 is 1.79 bits per heavy atom. The van der Waals surface area contributed by atoms with Crippen LogP contribution in [0.1, 0.15) is 13.8 Å². The summed E-state index contributed by atoms with van der Waals surface area (Å²) < 4.78 is 10.1. The van der Waals surface area contributed by atoms with Gasteiger partial charge in [-0.3, -0.25) is 4.79 Å². The number of esters is 1. The molecule has 0 bridgehead atoms. The number of anilines is 1. The Morgan fingerprint density at radius 3 is 2.42 bits per heavy atom. The fourth-order valence-electron chi connectivity index (χ4n) is 2.19. The van der Waals surface area contributed by atoms with E-state index in [1.54, 1.807) is 26.0 Å². The largest absolute Gasteiger partial charge is 0.481 e. The number of benzene rings is 2. The topological polar surface area (TPSA) is 90.6 Å². The highest BCUT2D eigenvalue weighted by Crippen LogP contribution is 2.32. The molecule has 0 aliphatic rings. The van der Waals surface area contributed by atoms with E-state index in [4.69, 9.17) is 10.5 Å². The van der Waals surface area contributed by atoms with Crippen LogP contribution in [-0.4, -0.2) is 31.6 Å². The van der Waals surface area contributed by atoms with E-state index in [0.29, 0.717) is 11.4 Å². The van der Waals surface area contributed by atoms with Gasteiger partial charge in [-0.15, -0.1) is 0 Å². The number of carbonyl (C=O) groups excluding carboxylic acids is 2. The summed E-state index contributed by atoms with van der Waals surface area (Å²) in [6, 6.07) is 10.7. The third-order valence-electron chi connectivity index (χ3n) is 3.92. The molecular formula is C18H22N2O4. The second-order valence-electron chi connectivity index (χ2n) is 5.66. The zero-order valence-corrected chi connectivity index (χ0v) is 14.0. The molecule has 6 heteroatoms. The van der Waals surface area contributed by atoms with Crippen LogP contribution in [0, 0.1) is 5.92 Å². The Morgan fingerprint density at radius 1 is 1.12 bits per heavy atom. The van der Waals surface area contributed by atoms with E-state index in [-0.39, 0.29) is 24.5 Å². The maximum Gasteiger partial charge on any atom is 0.343 e. The molecule has 24 heavy (non-hydrogen) atoms. The molecular weight excluding hydrogens is 308 g/mol. The normalized spacial score (nSPS) is 13.2. The van der Waals surface area contributed by atoms with E-state index in [1.807, 2.05) is 24.3 Å². The van der Waals surface area contributed by atoms with Crippen molar-refractivity contribution in [3.63, 3.8) is 0 Å². The van der Waals surface area contributed by atoms with Gasteiger partial charge in [-0.05, 0) is 19.1 Å². The van der Waals surface area contributed by atoms with Crippen molar-refractivity contribution in [3.8, 4) is 5.75 Å². The quantitative estimate of drug-likeness (QED) is 0.793.